The van der Waals surface area contributed by atoms with Gasteiger partial charge in [0.1, 0.15) is 6.61 Å². The quantitative estimate of drug-likeness (QED) is 0.792. The Balaban J connectivity index is 1.74. The number of hydrogen-bond acceptors (Lipinski definition) is 5. The first-order valence-corrected chi connectivity index (χ1v) is 7.25. The first-order valence-electron chi connectivity index (χ1n) is 7.25. The van der Waals surface area contributed by atoms with Gasteiger partial charge in [-0.25, -0.2) is 9.48 Å². The summed E-state index contributed by atoms with van der Waals surface area (Å²) in [7, 11) is 1.50. The van der Waals surface area contributed by atoms with E-state index in [9.17, 15) is 4.79 Å². The molecule has 2 heterocycles. The number of ether oxygens (including phenoxy) is 3. The molecule has 1 atom stereocenters. The van der Waals surface area contributed by atoms with Gasteiger partial charge in [-0.3, -0.25) is 0 Å². The van der Waals surface area contributed by atoms with Crippen LogP contribution in [0.1, 0.15) is 23.3 Å². The van der Waals surface area contributed by atoms with E-state index in [-0.39, 0.29) is 18.4 Å². The topological polar surface area (TPSA) is 62.6 Å². The van der Waals surface area contributed by atoms with Crippen LogP contribution in [-0.4, -0.2) is 42.2 Å². The van der Waals surface area contributed by atoms with Crippen molar-refractivity contribution in [3.05, 3.63) is 42.2 Å². The highest BCUT2D eigenvalue weighted by Gasteiger charge is 2.23. The third-order valence-electron chi connectivity index (χ3n) is 3.54. The monoisotopic (exact) mass is 302 g/mol. The van der Waals surface area contributed by atoms with Gasteiger partial charge in [0.2, 0.25) is 5.69 Å². The molecule has 0 saturated carbocycles. The number of nitrogens with zero attached hydrogens (tertiary/aromatic N) is 2. The molecule has 1 saturated heterocycles. The zero-order valence-electron chi connectivity index (χ0n) is 12.4. The summed E-state index contributed by atoms with van der Waals surface area (Å²) in [4.78, 5) is 12.2. The maximum atomic E-state index is 12.2. The summed E-state index contributed by atoms with van der Waals surface area (Å²) in [5.41, 5.74) is 1.02. The summed E-state index contributed by atoms with van der Waals surface area (Å²) in [5, 5.41) is 4.27. The predicted molar refractivity (Wildman–Crippen MR) is 79.4 cm³/mol. The number of carbonyl (C=O) groups is 1. The molecule has 0 aliphatic carbocycles. The van der Waals surface area contributed by atoms with Crippen molar-refractivity contribution in [1.29, 1.82) is 0 Å². The van der Waals surface area contributed by atoms with Gasteiger partial charge in [0, 0.05) is 6.61 Å². The van der Waals surface area contributed by atoms with Gasteiger partial charge < -0.3 is 14.2 Å². The van der Waals surface area contributed by atoms with Crippen LogP contribution in [0.15, 0.2) is 36.5 Å². The molecule has 1 aromatic heterocycles. The lowest BCUT2D eigenvalue weighted by atomic mass is 10.2. The van der Waals surface area contributed by atoms with Crippen molar-refractivity contribution >= 4 is 5.97 Å². The Hall–Kier alpha value is -2.34. The van der Waals surface area contributed by atoms with Gasteiger partial charge in [-0.05, 0) is 25.0 Å². The summed E-state index contributed by atoms with van der Waals surface area (Å²) >= 11 is 0. The Labute approximate surface area is 128 Å². The highest BCUT2D eigenvalue weighted by atomic mass is 16.6. The van der Waals surface area contributed by atoms with Crippen molar-refractivity contribution in [3.63, 3.8) is 0 Å². The second-order valence-electron chi connectivity index (χ2n) is 5.06. The number of esters is 1. The summed E-state index contributed by atoms with van der Waals surface area (Å²) in [6.45, 7) is 0.981. The minimum absolute atomic E-state index is 0.00819. The van der Waals surface area contributed by atoms with Gasteiger partial charge in [0.15, 0.2) is 5.75 Å². The molecule has 0 spiro atoms. The number of methoxy groups -OCH3 is 1. The Morgan fingerprint density at radius 3 is 2.91 bits per heavy atom. The van der Waals surface area contributed by atoms with Gasteiger partial charge in [0.05, 0.1) is 25.1 Å². The van der Waals surface area contributed by atoms with Crippen LogP contribution < -0.4 is 4.74 Å². The van der Waals surface area contributed by atoms with Crippen molar-refractivity contribution in [2.45, 2.75) is 18.9 Å². The molecule has 1 fully saturated rings. The fourth-order valence-corrected chi connectivity index (χ4v) is 2.37. The molecule has 2 aromatic rings. The molecule has 1 aromatic carbocycles. The highest BCUT2D eigenvalue weighted by molar-refractivity contribution is 5.90. The summed E-state index contributed by atoms with van der Waals surface area (Å²) in [5.74, 6) is -0.108. The van der Waals surface area contributed by atoms with Crippen molar-refractivity contribution in [2.24, 2.45) is 0 Å². The summed E-state index contributed by atoms with van der Waals surface area (Å²) in [6.07, 6.45) is 3.58. The molecule has 116 valence electrons. The number of carbonyl (C=O) groups excluding carboxylic acids is 1. The number of hydrogen-bond donors (Lipinski definition) is 0. The molecule has 0 amide bonds. The molecule has 1 aliphatic rings. The fourth-order valence-electron chi connectivity index (χ4n) is 2.37. The van der Waals surface area contributed by atoms with E-state index in [1.807, 2.05) is 30.3 Å². The predicted octanol–water partition coefficient (Wildman–Crippen LogP) is 2.22. The first-order chi connectivity index (χ1) is 10.8. The van der Waals surface area contributed by atoms with Gasteiger partial charge in [-0.1, -0.05) is 18.2 Å². The third-order valence-corrected chi connectivity index (χ3v) is 3.54. The van der Waals surface area contributed by atoms with Crippen LogP contribution in [0.25, 0.3) is 5.69 Å². The van der Waals surface area contributed by atoms with E-state index in [4.69, 9.17) is 14.2 Å². The van der Waals surface area contributed by atoms with E-state index in [2.05, 4.69) is 5.10 Å². The lowest BCUT2D eigenvalue weighted by molar-refractivity contribution is 0.0153. The number of para-hydroxylation sites is 1. The largest absolute Gasteiger partial charge is 0.493 e. The van der Waals surface area contributed by atoms with Gasteiger partial charge in [0.25, 0.3) is 0 Å². The maximum absolute atomic E-state index is 12.2. The summed E-state index contributed by atoms with van der Waals surface area (Å²) in [6, 6.07) is 9.51. The number of rotatable bonds is 5. The molecule has 1 unspecified atom stereocenters. The molecule has 1 aliphatic heterocycles. The van der Waals surface area contributed by atoms with Gasteiger partial charge in [-0.15, -0.1) is 0 Å². The molecule has 3 rings (SSSR count). The standard InChI is InChI=1S/C16H18N2O4/c1-20-14-10-18(12-6-3-2-4-7-12)17-15(14)16(19)22-11-13-8-5-9-21-13/h2-4,6-7,10,13H,5,8-9,11H2,1H3. The minimum Gasteiger partial charge on any atom is -0.493 e. The molecule has 0 bridgehead atoms. The molecule has 0 N–H and O–H groups in total. The van der Waals surface area contributed by atoms with Crippen LogP contribution in [0.4, 0.5) is 0 Å². The Bertz CT molecular complexity index is 633. The van der Waals surface area contributed by atoms with Crippen molar-refractivity contribution in [3.8, 4) is 11.4 Å². The first kappa shape index (κ1) is 14.6. The Morgan fingerprint density at radius 1 is 1.41 bits per heavy atom. The van der Waals surface area contributed by atoms with E-state index in [1.165, 1.54) is 7.11 Å². The summed E-state index contributed by atoms with van der Waals surface area (Å²) < 4.78 is 17.5. The number of aromatic nitrogens is 2. The molecule has 0 radical (unpaired) electrons. The average molecular weight is 302 g/mol. The van der Waals surface area contributed by atoms with Crippen molar-refractivity contribution in [1.82, 2.24) is 9.78 Å². The molecular formula is C16H18N2O4. The van der Waals surface area contributed by atoms with Crippen LogP contribution in [0.5, 0.6) is 5.75 Å². The van der Waals surface area contributed by atoms with Crippen LogP contribution in [0.3, 0.4) is 0 Å². The van der Waals surface area contributed by atoms with Crippen LogP contribution in [0.2, 0.25) is 0 Å². The van der Waals surface area contributed by atoms with Crippen LogP contribution in [0, 0.1) is 0 Å². The molecular weight excluding hydrogens is 284 g/mol. The molecule has 22 heavy (non-hydrogen) atoms. The Kier molecular flexibility index (Phi) is 4.39. The van der Waals surface area contributed by atoms with Crippen LogP contribution in [-0.2, 0) is 9.47 Å². The highest BCUT2D eigenvalue weighted by Crippen LogP contribution is 2.21. The smallest absolute Gasteiger partial charge is 0.362 e. The maximum Gasteiger partial charge on any atom is 0.362 e. The van der Waals surface area contributed by atoms with Crippen molar-refractivity contribution in [2.75, 3.05) is 20.3 Å². The minimum atomic E-state index is -0.498. The van der Waals surface area contributed by atoms with Gasteiger partial charge in [-0.2, -0.15) is 5.10 Å². The van der Waals surface area contributed by atoms with Crippen LogP contribution >= 0.6 is 0 Å². The lowest BCUT2D eigenvalue weighted by Crippen LogP contribution is -2.18. The third kappa shape index (κ3) is 3.12. The zero-order valence-corrected chi connectivity index (χ0v) is 12.4. The normalized spacial score (nSPS) is 17.4. The van der Waals surface area contributed by atoms with E-state index in [0.29, 0.717) is 5.75 Å². The molecule has 6 heteroatoms. The lowest BCUT2D eigenvalue weighted by Gasteiger charge is -2.09. The second-order valence-corrected chi connectivity index (χ2v) is 5.06. The van der Waals surface area contributed by atoms with Crippen molar-refractivity contribution < 1.29 is 19.0 Å². The van der Waals surface area contributed by atoms with E-state index in [0.717, 1.165) is 25.1 Å². The van der Waals surface area contributed by atoms with E-state index < -0.39 is 5.97 Å². The molecule has 6 nitrogen and oxygen atoms in total. The SMILES string of the molecule is COc1cn(-c2ccccc2)nc1C(=O)OCC1CCCO1. The fraction of sp³-hybridized carbons (Fsp3) is 0.375. The van der Waals surface area contributed by atoms with E-state index in [1.54, 1.807) is 10.9 Å². The van der Waals surface area contributed by atoms with Gasteiger partial charge >= 0.3 is 5.97 Å². The average Bonchev–Trinajstić information content (AvgIpc) is 3.22. The number of benzene rings is 1. The second kappa shape index (κ2) is 6.62. The zero-order chi connectivity index (χ0) is 15.4. The Morgan fingerprint density at radius 2 is 2.23 bits per heavy atom. The van der Waals surface area contributed by atoms with E-state index >= 15 is 0 Å².